The molecule has 134 valence electrons. The predicted molar refractivity (Wildman–Crippen MR) is 96.9 cm³/mol. The van der Waals surface area contributed by atoms with E-state index in [1.165, 1.54) is 19.3 Å². The van der Waals surface area contributed by atoms with Crippen molar-refractivity contribution in [2.45, 2.75) is 37.8 Å². The van der Waals surface area contributed by atoms with Crippen molar-refractivity contribution in [1.29, 1.82) is 0 Å². The van der Waals surface area contributed by atoms with Crippen LogP contribution in [0, 0.1) is 0 Å². The average Bonchev–Trinajstić information content (AvgIpc) is 2.96. The fourth-order valence-corrected chi connectivity index (χ4v) is 3.61. The Morgan fingerprint density at radius 2 is 2.00 bits per heavy atom. The molecule has 0 atom stereocenters. The van der Waals surface area contributed by atoms with E-state index in [1.807, 2.05) is 28.8 Å². The zero-order chi connectivity index (χ0) is 17.5. The third kappa shape index (κ3) is 2.70. The highest BCUT2D eigenvalue weighted by molar-refractivity contribution is 5.48. The van der Waals surface area contributed by atoms with Gasteiger partial charge in [0.15, 0.2) is 11.5 Å². The van der Waals surface area contributed by atoms with Gasteiger partial charge in [0.1, 0.15) is 5.82 Å². The predicted octanol–water partition coefficient (Wildman–Crippen LogP) is 1.50. The molecule has 0 aromatic carbocycles. The second kappa shape index (κ2) is 6.28. The summed E-state index contributed by atoms with van der Waals surface area (Å²) >= 11 is 0. The second-order valence-corrected chi connectivity index (χ2v) is 7.34. The third-order valence-electron chi connectivity index (χ3n) is 5.59. The lowest BCUT2D eigenvalue weighted by Crippen LogP contribution is -2.58. The molecular formula is C18H22N8. The van der Waals surface area contributed by atoms with Crippen molar-refractivity contribution in [1.82, 2.24) is 34.9 Å². The Bertz CT molecular complexity index is 898. The molecule has 0 radical (unpaired) electrons. The molecule has 8 nitrogen and oxygen atoms in total. The molecule has 1 aliphatic heterocycles. The van der Waals surface area contributed by atoms with Crippen LogP contribution in [0.25, 0.3) is 5.65 Å². The molecule has 0 bridgehead atoms. The summed E-state index contributed by atoms with van der Waals surface area (Å²) in [5.41, 5.74) is 1.84. The molecule has 2 aliphatic rings. The summed E-state index contributed by atoms with van der Waals surface area (Å²) < 4.78 is 1.94. The average molecular weight is 350 g/mol. The largest absolute Gasteiger partial charge is 0.352 e. The maximum atomic E-state index is 4.81. The van der Waals surface area contributed by atoms with Gasteiger partial charge in [-0.15, -0.1) is 15.3 Å². The standard InChI is InChI=1S/C18H22N8/c1-24(10-14-6-3-9-19-20-14)15-11-25(12-15)17-8-7-16-21-22-18(26(16)23-17)13-4-2-5-13/h3,6-9,13,15H,2,4-5,10-12H2,1H3. The first-order chi connectivity index (χ1) is 12.8. The zero-order valence-corrected chi connectivity index (χ0v) is 14.9. The molecule has 1 saturated carbocycles. The summed E-state index contributed by atoms with van der Waals surface area (Å²) in [5.74, 6) is 2.54. The van der Waals surface area contributed by atoms with Crippen molar-refractivity contribution in [3.8, 4) is 0 Å². The van der Waals surface area contributed by atoms with Gasteiger partial charge in [0.2, 0.25) is 0 Å². The quantitative estimate of drug-likeness (QED) is 0.690. The van der Waals surface area contributed by atoms with Gasteiger partial charge in [0.25, 0.3) is 0 Å². The summed E-state index contributed by atoms with van der Waals surface area (Å²) in [6.07, 6.45) is 5.39. The Morgan fingerprint density at radius 1 is 1.12 bits per heavy atom. The normalized spacial score (nSPS) is 18.3. The molecule has 5 rings (SSSR count). The summed E-state index contributed by atoms with van der Waals surface area (Å²) in [4.78, 5) is 4.64. The van der Waals surface area contributed by atoms with Crippen LogP contribution < -0.4 is 4.90 Å². The van der Waals surface area contributed by atoms with Crippen molar-refractivity contribution in [3.05, 3.63) is 42.0 Å². The number of hydrogen-bond donors (Lipinski definition) is 0. The van der Waals surface area contributed by atoms with Gasteiger partial charge in [0.05, 0.1) is 5.69 Å². The van der Waals surface area contributed by atoms with Gasteiger partial charge >= 0.3 is 0 Å². The SMILES string of the molecule is CN(Cc1cccnn1)C1CN(c2ccc3nnc(C4CCC4)n3n2)C1. The lowest BCUT2D eigenvalue weighted by atomic mass is 9.85. The Balaban J connectivity index is 1.27. The van der Waals surface area contributed by atoms with Crippen molar-refractivity contribution < 1.29 is 0 Å². The van der Waals surface area contributed by atoms with Crippen molar-refractivity contribution >= 4 is 11.5 Å². The van der Waals surface area contributed by atoms with Gasteiger partial charge in [0, 0.05) is 37.8 Å². The van der Waals surface area contributed by atoms with Crippen LogP contribution in [0.5, 0.6) is 0 Å². The highest BCUT2D eigenvalue weighted by atomic mass is 15.4. The molecule has 8 heteroatoms. The number of hydrogen-bond acceptors (Lipinski definition) is 7. The van der Waals surface area contributed by atoms with E-state index in [2.05, 4.69) is 37.2 Å². The first-order valence-corrected chi connectivity index (χ1v) is 9.22. The van der Waals surface area contributed by atoms with E-state index in [0.717, 1.165) is 42.6 Å². The molecular weight excluding hydrogens is 328 g/mol. The Morgan fingerprint density at radius 3 is 2.73 bits per heavy atom. The van der Waals surface area contributed by atoms with E-state index in [9.17, 15) is 0 Å². The molecule has 26 heavy (non-hydrogen) atoms. The highest BCUT2D eigenvalue weighted by Crippen LogP contribution is 2.35. The van der Waals surface area contributed by atoms with E-state index in [1.54, 1.807) is 6.20 Å². The van der Waals surface area contributed by atoms with E-state index < -0.39 is 0 Å². The van der Waals surface area contributed by atoms with E-state index >= 15 is 0 Å². The molecule has 3 aromatic rings. The second-order valence-electron chi connectivity index (χ2n) is 7.34. The minimum Gasteiger partial charge on any atom is -0.352 e. The molecule has 1 saturated heterocycles. The minimum atomic E-state index is 0.501. The van der Waals surface area contributed by atoms with E-state index in [0.29, 0.717) is 12.0 Å². The Hall–Kier alpha value is -2.61. The van der Waals surface area contributed by atoms with E-state index in [-0.39, 0.29) is 0 Å². The third-order valence-corrected chi connectivity index (χ3v) is 5.59. The molecule has 0 spiro atoms. The number of anilines is 1. The van der Waals surface area contributed by atoms with Crippen LogP contribution in [0.15, 0.2) is 30.5 Å². The minimum absolute atomic E-state index is 0.501. The molecule has 0 amide bonds. The number of likely N-dealkylation sites (N-methyl/N-ethyl adjacent to an activating group) is 1. The smallest absolute Gasteiger partial charge is 0.178 e. The summed E-state index contributed by atoms with van der Waals surface area (Å²) in [6.45, 7) is 2.75. The fourth-order valence-electron chi connectivity index (χ4n) is 3.61. The van der Waals surface area contributed by atoms with Crippen molar-refractivity contribution in [3.63, 3.8) is 0 Å². The summed E-state index contributed by atoms with van der Waals surface area (Å²) in [5, 5.41) is 21.6. The van der Waals surface area contributed by atoms with Gasteiger partial charge in [-0.05, 0) is 44.2 Å². The van der Waals surface area contributed by atoms with Gasteiger partial charge < -0.3 is 4.90 Å². The van der Waals surface area contributed by atoms with Gasteiger partial charge in [-0.25, -0.2) is 0 Å². The first kappa shape index (κ1) is 15.6. The maximum Gasteiger partial charge on any atom is 0.178 e. The van der Waals surface area contributed by atoms with Crippen LogP contribution >= 0.6 is 0 Å². The lowest BCUT2D eigenvalue weighted by molar-refractivity contribution is 0.194. The van der Waals surface area contributed by atoms with Crippen LogP contribution in [-0.4, -0.2) is 61.1 Å². The van der Waals surface area contributed by atoms with Gasteiger partial charge in [-0.1, -0.05) is 6.42 Å². The Kier molecular flexibility index (Phi) is 3.77. The molecule has 3 aromatic heterocycles. The molecule has 0 N–H and O–H groups in total. The van der Waals surface area contributed by atoms with Crippen LogP contribution in [0.4, 0.5) is 5.82 Å². The number of aromatic nitrogens is 6. The molecule has 1 aliphatic carbocycles. The molecule has 4 heterocycles. The Labute approximate surface area is 151 Å². The summed E-state index contributed by atoms with van der Waals surface area (Å²) in [7, 11) is 2.14. The van der Waals surface area contributed by atoms with E-state index in [4.69, 9.17) is 5.10 Å². The van der Waals surface area contributed by atoms with Gasteiger partial charge in [-0.3, -0.25) is 4.90 Å². The number of fused-ring (bicyclic) bond motifs is 1. The monoisotopic (exact) mass is 350 g/mol. The van der Waals surface area contributed by atoms with Crippen LogP contribution in [0.3, 0.4) is 0 Å². The highest BCUT2D eigenvalue weighted by Gasteiger charge is 2.32. The van der Waals surface area contributed by atoms with Crippen LogP contribution in [-0.2, 0) is 6.54 Å². The van der Waals surface area contributed by atoms with Crippen molar-refractivity contribution in [2.24, 2.45) is 0 Å². The van der Waals surface area contributed by atoms with Crippen molar-refractivity contribution in [2.75, 3.05) is 25.0 Å². The first-order valence-electron chi connectivity index (χ1n) is 9.22. The van der Waals surface area contributed by atoms with Crippen LogP contribution in [0.1, 0.15) is 36.7 Å². The fraction of sp³-hybridized carbons (Fsp3) is 0.500. The zero-order valence-electron chi connectivity index (χ0n) is 14.9. The number of rotatable bonds is 5. The molecule has 0 unspecified atom stereocenters. The summed E-state index contributed by atoms with van der Waals surface area (Å²) in [6, 6.07) is 8.52. The molecule has 2 fully saturated rings. The van der Waals surface area contributed by atoms with Gasteiger partial charge in [-0.2, -0.15) is 14.7 Å². The topological polar surface area (TPSA) is 75.3 Å². The maximum absolute atomic E-state index is 4.81. The number of nitrogens with zero attached hydrogens (tertiary/aromatic N) is 8. The van der Waals surface area contributed by atoms with Crippen LogP contribution in [0.2, 0.25) is 0 Å². The lowest BCUT2D eigenvalue weighted by Gasteiger charge is -2.44.